The molecule has 7 heteroatoms. The normalized spacial score (nSPS) is 26.3. The van der Waals surface area contributed by atoms with Crippen molar-refractivity contribution in [2.75, 3.05) is 32.7 Å². The van der Waals surface area contributed by atoms with Gasteiger partial charge in [0.25, 0.3) is 0 Å². The monoisotopic (exact) mass is 364 g/mol. The van der Waals surface area contributed by atoms with E-state index < -0.39 is 6.04 Å². The number of nitrogens with zero attached hydrogens (tertiary/aromatic N) is 3. The van der Waals surface area contributed by atoms with Crippen LogP contribution in [0.3, 0.4) is 0 Å². The van der Waals surface area contributed by atoms with Crippen LogP contribution >= 0.6 is 0 Å². The molecule has 1 unspecified atom stereocenters. The van der Waals surface area contributed by atoms with Gasteiger partial charge in [-0.2, -0.15) is 0 Å². The molecular weight excluding hydrogens is 332 g/mol. The number of hydrogen-bond donors (Lipinski definition) is 1. The third-order valence-electron chi connectivity index (χ3n) is 6.03. The zero-order chi connectivity index (χ0) is 18.7. The second-order valence-electron chi connectivity index (χ2n) is 8.04. The van der Waals surface area contributed by atoms with Gasteiger partial charge in [-0.1, -0.05) is 19.3 Å². The summed E-state index contributed by atoms with van der Waals surface area (Å²) < 4.78 is 0. The quantitative estimate of drug-likeness (QED) is 0.792. The molecule has 1 aliphatic carbocycles. The Hall–Kier alpha value is -1.63. The van der Waals surface area contributed by atoms with E-state index in [2.05, 4.69) is 10.2 Å². The first-order chi connectivity index (χ1) is 12.5. The fraction of sp³-hybridized carbons (Fsp3) is 0.842. The minimum absolute atomic E-state index is 0.0605. The lowest BCUT2D eigenvalue weighted by molar-refractivity contribution is -0.149. The average Bonchev–Trinajstić information content (AvgIpc) is 2.63. The summed E-state index contributed by atoms with van der Waals surface area (Å²) in [6, 6.07) is 0.139. The van der Waals surface area contributed by atoms with Crippen LogP contribution in [0.15, 0.2) is 0 Å². The van der Waals surface area contributed by atoms with Crippen LogP contribution < -0.4 is 5.32 Å². The second-order valence-corrected chi connectivity index (χ2v) is 8.04. The van der Waals surface area contributed by atoms with Crippen molar-refractivity contribution < 1.29 is 14.4 Å². The van der Waals surface area contributed by atoms with Crippen LogP contribution in [0.25, 0.3) is 0 Å². The standard InChI is InChI=1S/C19H32N4O3/c1-14(2)22-9-8-20-19(26)16(22)12-17(24)21-10-11-23(18(25)13-21)15-6-4-3-5-7-15/h14-16H,3-13H2,1-2H3,(H,20,26). The number of piperazine rings is 2. The maximum absolute atomic E-state index is 12.8. The fourth-order valence-corrected chi connectivity index (χ4v) is 4.53. The van der Waals surface area contributed by atoms with Gasteiger partial charge in [0.05, 0.1) is 19.0 Å². The summed E-state index contributed by atoms with van der Waals surface area (Å²) in [4.78, 5) is 43.3. The number of carbonyl (C=O) groups is 3. The van der Waals surface area contributed by atoms with Crippen LogP contribution in [-0.4, -0.2) is 83.3 Å². The molecule has 2 heterocycles. The third kappa shape index (κ3) is 4.19. The van der Waals surface area contributed by atoms with Gasteiger partial charge in [-0.15, -0.1) is 0 Å². The van der Waals surface area contributed by atoms with Crippen molar-refractivity contribution in [3.05, 3.63) is 0 Å². The molecule has 0 aromatic heterocycles. The molecule has 3 amide bonds. The minimum Gasteiger partial charge on any atom is -0.353 e. The van der Waals surface area contributed by atoms with Crippen LogP contribution in [0.2, 0.25) is 0 Å². The lowest BCUT2D eigenvalue weighted by atomic mass is 9.93. The van der Waals surface area contributed by atoms with Gasteiger partial charge in [-0.05, 0) is 26.7 Å². The van der Waals surface area contributed by atoms with Gasteiger partial charge < -0.3 is 15.1 Å². The Bertz CT molecular complexity index is 545. The highest BCUT2D eigenvalue weighted by atomic mass is 16.2. The highest BCUT2D eigenvalue weighted by molar-refractivity contribution is 5.91. The summed E-state index contributed by atoms with van der Waals surface area (Å²) in [5, 5.41) is 2.86. The zero-order valence-electron chi connectivity index (χ0n) is 16.1. The van der Waals surface area contributed by atoms with Crippen molar-refractivity contribution in [1.29, 1.82) is 0 Å². The zero-order valence-corrected chi connectivity index (χ0v) is 16.1. The molecule has 1 N–H and O–H groups in total. The molecule has 3 rings (SSSR count). The van der Waals surface area contributed by atoms with Gasteiger partial charge in [-0.25, -0.2) is 0 Å². The Morgan fingerprint density at radius 1 is 1.12 bits per heavy atom. The Morgan fingerprint density at radius 2 is 1.85 bits per heavy atom. The molecule has 0 aromatic rings. The molecule has 0 bridgehead atoms. The molecule has 0 aromatic carbocycles. The minimum atomic E-state index is -0.428. The van der Waals surface area contributed by atoms with Gasteiger partial charge in [-0.3, -0.25) is 19.3 Å². The second kappa shape index (κ2) is 8.37. The first-order valence-corrected chi connectivity index (χ1v) is 10.1. The van der Waals surface area contributed by atoms with E-state index in [1.54, 1.807) is 4.90 Å². The summed E-state index contributed by atoms with van der Waals surface area (Å²) in [5.74, 6) is -0.106. The van der Waals surface area contributed by atoms with E-state index in [4.69, 9.17) is 0 Å². The van der Waals surface area contributed by atoms with Gasteiger partial charge in [0.2, 0.25) is 17.7 Å². The summed E-state index contributed by atoms with van der Waals surface area (Å²) in [6.45, 7) is 6.84. The van der Waals surface area contributed by atoms with Crippen LogP contribution in [0.4, 0.5) is 0 Å². The van der Waals surface area contributed by atoms with Gasteiger partial charge in [0.15, 0.2) is 0 Å². The smallest absolute Gasteiger partial charge is 0.242 e. The lowest BCUT2D eigenvalue weighted by Crippen LogP contribution is -2.60. The summed E-state index contributed by atoms with van der Waals surface area (Å²) in [7, 11) is 0. The highest BCUT2D eigenvalue weighted by Gasteiger charge is 2.37. The summed E-state index contributed by atoms with van der Waals surface area (Å²) >= 11 is 0. The molecular formula is C19H32N4O3. The number of carbonyl (C=O) groups excluding carboxylic acids is 3. The van der Waals surface area contributed by atoms with Crippen LogP contribution in [0.5, 0.6) is 0 Å². The molecule has 146 valence electrons. The van der Waals surface area contributed by atoms with E-state index in [0.29, 0.717) is 25.7 Å². The Kier molecular flexibility index (Phi) is 6.16. The van der Waals surface area contributed by atoms with Crippen LogP contribution in [-0.2, 0) is 14.4 Å². The third-order valence-corrected chi connectivity index (χ3v) is 6.03. The maximum Gasteiger partial charge on any atom is 0.242 e. The van der Waals surface area contributed by atoms with E-state index in [-0.39, 0.29) is 36.7 Å². The number of hydrogen-bond acceptors (Lipinski definition) is 4. The van der Waals surface area contributed by atoms with Crippen molar-refractivity contribution in [1.82, 2.24) is 20.0 Å². The van der Waals surface area contributed by atoms with E-state index >= 15 is 0 Å². The van der Waals surface area contributed by atoms with E-state index in [1.807, 2.05) is 18.7 Å². The first-order valence-electron chi connectivity index (χ1n) is 10.1. The number of rotatable bonds is 4. The molecule has 26 heavy (non-hydrogen) atoms. The Balaban J connectivity index is 1.57. The predicted molar refractivity (Wildman–Crippen MR) is 98.4 cm³/mol. The number of nitrogens with one attached hydrogen (secondary N) is 1. The lowest BCUT2D eigenvalue weighted by Gasteiger charge is -2.42. The van der Waals surface area contributed by atoms with E-state index in [9.17, 15) is 14.4 Å². The molecule has 3 fully saturated rings. The Labute approximate surface area is 156 Å². The SMILES string of the molecule is CC(C)N1CCNC(=O)C1CC(=O)N1CCN(C2CCCCC2)C(=O)C1. The fourth-order valence-electron chi connectivity index (χ4n) is 4.53. The molecule has 2 saturated heterocycles. The number of amides is 3. The van der Waals surface area contributed by atoms with Gasteiger partial charge >= 0.3 is 0 Å². The largest absolute Gasteiger partial charge is 0.353 e. The molecule has 3 aliphatic rings. The van der Waals surface area contributed by atoms with Crippen molar-refractivity contribution in [3.8, 4) is 0 Å². The maximum atomic E-state index is 12.8. The average molecular weight is 364 g/mol. The highest BCUT2D eigenvalue weighted by Crippen LogP contribution is 2.24. The molecule has 1 saturated carbocycles. The summed E-state index contributed by atoms with van der Waals surface area (Å²) in [5.41, 5.74) is 0. The molecule has 0 spiro atoms. The first kappa shape index (κ1) is 19.1. The van der Waals surface area contributed by atoms with Crippen molar-refractivity contribution in [3.63, 3.8) is 0 Å². The van der Waals surface area contributed by atoms with Crippen LogP contribution in [0.1, 0.15) is 52.4 Å². The van der Waals surface area contributed by atoms with E-state index in [0.717, 1.165) is 19.4 Å². The van der Waals surface area contributed by atoms with Crippen LogP contribution in [0, 0.1) is 0 Å². The van der Waals surface area contributed by atoms with Crippen molar-refractivity contribution >= 4 is 17.7 Å². The predicted octanol–water partition coefficient (Wildman–Crippen LogP) is 0.589. The van der Waals surface area contributed by atoms with Gasteiger partial charge in [0, 0.05) is 38.3 Å². The van der Waals surface area contributed by atoms with Crippen molar-refractivity contribution in [2.45, 2.75) is 70.5 Å². The topological polar surface area (TPSA) is 73.0 Å². The molecule has 7 nitrogen and oxygen atoms in total. The van der Waals surface area contributed by atoms with Gasteiger partial charge in [0.1, 0.15) is 0 Å². The Morgan fingerprint density at radius 3 is 2.50 bits per heavy atom. The van der Waals surface area contributed by atoms with Crippen molar-refractivity contribution in [2.24, 2.45) is 0 Å². The molecule has 1 atom stereocenters. The molecule has 0 radical (unpaired) electrons. The molecule has 2 aliphatic heterocycles. The van der Waals surface area contributed by atoms with E-state index in [1.165, 1.54) is 19.3 Å². The summed E-state index contributed by atoms with van der Waals surface area (Å²) in [6.07, 6.45) is 5.98.